The number of fused-ring (bicyclic) bond motifs is 1. The number of aryl methyl sites for hydroxylation is 1. The molecule has 5 heteroatoms. The average molecular weight is 245 g/mol. The molecule has 0 aromatic carbocycles. The molecule has 0 saturated carbocycles. The predicted molar refractivity (Wildman–Crippen MR) is 66.0 cm³/mol. The zero-order valence-corrected chi connectivity index (χ0v) is 9.89. The molecule has 0 radical (unpaired) electrons. The highest BCUT2D eigenvalue weighted by Crippen LogP contribution is 2.28. The minimum atomic E-state index is 0.536. The van der Waals surface area contributed by atoms with Crippen molar-refractivity contribution >= 4 is 17.1 Å². The van der Waals surface area contributed by atoms with Crippen LogP contribution in [0.15, 0.2) is 36.8 Å². The molecule has 0 N–H and O–H groups in total. The Morgan fingerprint density at radius 1 is 1.24 bits per heavy atom. The average Bonchev–Trinajstić information content (AvgIpc) is 2.76. The first-order valence-corrected chi connectivity index (χ1v) is 5.55. The summed E-state index contributed by atoms with van der Waals surface area (Å²) in [4.78, 5) is 8.43. The Balaban J connectivity index is 2.31. The summed E-state index contributed by atoms with van der Waals surface area (Å²) in [6, 6.07) is 5.87. The third-order valence-electron chi connectivity index (χ3n) is 2.55. The van der Waals surface area contributed by atoms with E-state index in [2.05, 4.69) is 15.1 Å². The van der Waals surface area contributed by atoms with Crippen LogP contribution in [0.25, 0.3) is 16.8 Å². The molecule has 0 spiro atoms. The van der Waals surface area contributed by atoms with E-state index in [1.54, 1.807) is 16.9 Å². The summed E-state index contributed by atoms with van der Waals surface area (Å²) in [6.07, 6.45) is 5.27. The lowest BCUT2D eigenvalue weighted by Crippen LogP contribution is -1.91. The molecule has 0 atom stereocenters. The molecular weight excluding hydrogens is 236 g/mol. The number of halogens is 1. The van der Waals surface area contributed by atoms with Crippen molar-refractivity contribution in [2.24, 2.45) is 0 Å². The lowest BCUT2D eigenvalue weighted by molar-refractivity contribution is 0.961. The van der Waals surface area contributed by atoms with Crippen molar-refractivity contribution in [3.8, 4) is 11.3 Å². The fourth-order valence-electron chi connectivity index (χ4n) is 1.76. The van der Waals surface area contributed by atoms with Gasteiger partial charge in [-0.05, 0) is 19.1 Å². The Labute approximate surface area is 103 Å². The second-order valence-corrected chi connectivity index (χ2v) is 4.11. The van der Waals surface area contributed by atoms with E-state index in [9.17, 15) is 0 Å². The van der Waals surface area contributed by atoms with Crippen LogP contribution in [0, 0.1) is 6.92 Å². The zero-order chi connectivity index (χ0) is 11.8. The van der Waals surface area contributed by atoms with E-state index >= 15 is 0 Å². The van der Waals surface area contributed by atoms with Crippen LogP contribution in [0.2, 0.25) is 5.02 Å². The molecule has 4 nitrogen and oxygen atoms in total. The van der Waals surface area contributed by atoms with Gasteiger partial charge >= 0.3 is 0 Å². The maximum Gasteiger partial charge on any atom is 0.126 e. The van der Waals surface area contributed by atoms with E-state index in [1.807, 2.05) is 31.3 Å². The molecule has 0 amide bonds. The number of hydrogen-bond donors (Lipinski definition) is 0. The maximum atomic E-state index is 6.13. The van der Waals surface area contributed by atoms with Crippen LogP contribution in [0.4, 0.5) is 0 Å². The van der Waals surface area contributed by atoms with Gasteiger partial charge in [-0.15, -0.1) is 0 Å². The number of hydrogen-bond acceptors (Lipinski definition) is 3. The van der Waals surface area contributed by atoms with Gasteiger partial charge in [0.2, 0.25) is 0 Å². The quantitative estimate of drug-likeness (QED) is 0.661. The second-order valence-electron chi connectivity index (χ2n) is 3.70. The first kappa shape index (κ1) is 10.2. The molecule has 3 heterocycles. The minimum absolute atomic E-state index is 0.536. The third-order valence-corrected chi connectivity index (χ3v) is 2.82. The summed E-state index contributed by atoms with van der Waals surface area (Å²) < 4.78 is 1.79. The topological polar surface area (TPSA) is 43.1 Å². The van der Waals surface area contributed by atoms with Crippen molar-refractivity contribution in [2.75, 3.05) is 0 Å². The summed E-state index contributed by atoms with van der Waals surface area (Å²) in [5.41, 5.74) is 2.62. The molecule has 17 heavy (non-hydrogen) atoms. The largest absolute Gasteiger partial charge is 0.240 e. The highest BCUT2D eigenvalue weighted by molar-refractivity contribution is 6.33. The van der Waals surface area contributed by atoms with Gasteiger partial charge in [0.15, 0.2) is 0 Å². The van der Waals surface area contributed by atoms with Gasteiger partial charge in [-0.25, -0.2) is 14.5 Å². The summed E-state index contributed by atoms with van der Waals surface area (Å²) in [6.45, 7) is 1.84. The Kier molecular flexibility index (Phi) is 2.30. The number of pyridine rings is 1. The molecule has 0 aliphatic rings. The van der Waals surface area contributed by atoms with E-state index in [-0.39, 0.29) is 0 Å². The Bertz CT molecular complexity index is 690. The smallest absolute Gasteiger partial charge is 0.126 e. The van der Waals surface area contributed by atoms with Crippen LogP contribution in [-0.4, -0.2) is 19.6 Å². The minimum Gasteiger partial charge on any atom is -0.240 e. The molecule has 3 aromatic heterocycles. The Morgan fingerprint density at radius 2 is 2.12 bits per heavy atom. The van der Waals surface area contributed by atoms with Crippen molar-refractivity contribution < 1.29 is 0 Å². The van der Waals surface area contributed by atoms with Gasteiger partial charge < -0.3 is 0 Å². The van der Waals surface area contributed by atoms with E-state index in [0.29, 0.717) is 10.8 Å². The SMILES string of the molecule is Cc1ncc(Cl)c(-c2cnn3ccccc23)n1. The third kappa shape index (κ3) is 1.66. The molecule has 0 fully saturated rings. The van der Waals surface area contributed by atoms with Crippen LogP contribution < -0.4 is 0 Å². The van der Waals surface area contributed by atoms with Crippen LogP contribution >= 0.6 is 11.6 Å². The Hall–Kier alpha value is -1.94. The molecular formula is C12H9ClN4. The van der Waals surface area contributed by atoms with Gasteiger partial charge in [-0.3, -0.25) is 0 Å². The van der Waals surface area contributed by atoms with Gasteiger partial charge in [-0.1, -0.05) is 17.7 Å². The second kappa shape index (κ2) is 3.82. The van der Waals surface area contributed by atoms with E-state index < -0.39 is 0 Å². The van der Waals surface area contributed by atoms with Crippen molar-refractivity contribution in [1.82, 2.24) is 19.6 Å². The number of aromatic nitrogens is 4. The fourth-order valence-corrected chi connectivity index (χ4v) is 1.95. The van der Waals surface area contributed by atoms with Gasteiger partial charge in [0.05, 0.1) is 22.4 Å². The van der Waals surface area contributed by atoms with E-state index in [0.717, 1.165) is 16.8 Å². The first-order chi connectivity index (χ1) is 8.25. The Morgan fingerprint density at radius 3 is 3.00 bits per heavy atom. The van der Waals surface area contributed by atoms with Gasteiger partial charge in [0, 0.05) is 18.0 Å². The fraction of sp³-hybridized carbons (Fsp3) is 0.0833. The predicted octanol–water partition coefficient (Wildman–Crippen LogP) is 2.75. The van der Waals surface area contributed by atoms with Crippen LogP contribution in [0.1, 0.15) is 5.82 Å². The first-order valence-electron chi connectivity index (χ1n) is 5.17. The van der Waals surface area contributed by atoms with Gasteiger partial charge in [-0.2, -0.15) is 5.10 Å². The van der Waals surface area contributed by atoms with E-state index in [4.69, 9.17) is 11.6 Å². The van der Waals surface area contributed by atoms with Crippen LogP contribution in [-0.2, 0) is 0 Å². The lowest BCUT2D eigenvalue weighted by Gasteiger charge is -2.02. The van der Waals surface area contributed by atoms with Crippen molar-refractivity contribution in [1.29, 1.82) is 0 Å². The van der Waals surface area contributed by atoms with Crippen molar-refractivity contribution in [2.45, 2.75) is 6.92 Å². The zero-order valence-electron chi connectivity index (χ0n) is 9.13. The van der Waals surface area contributed by atoms with Crippen molar-refractivity contribution in [3.63, 3.8) is 0 Å². The number of rotatable bonds is 1. The molecule has 0 aliphatic heterocycles. The normalized spacial score (nSPS) is 10.9. The molecule has 84 valence electrons. The molecule has 0 unspecified atom stereocenters. The highest BCUT2D eigenvalue weighted by Gasteiger charge is 2.11. The van der Waals surface area contributed by atoms with Crippen LogP contribution in [0.3, 0.4) is 0 Å². The summed E-state index contributed by atoms with van der Waals surface area (Å²) in [7, 11) is 0. The monoisotopic (exact) mass is 244 g/mol. The maximum absolute atomic E-state index is 6.13. The molecule has 0 bridgehead atoms. The van der Waals surface area contributed by atoms with Gasteiger partial charge in [0.1, 0.15) is 5.82 Å². The highest BCUT2D eigenvalue weighted by atomic mass is 35.5. The standard InChI is InChI=1S/C12H9ClN4/c1-8-14-7-10(13)12(16-8)9-6-15-17-5-3-2-4-11(9)17/h2-7H,1H3. The van der Waals surface area contributed by atoms with Crippen LogP contribution in [0.5, 0.6) is 0 Å². The van der Waals surface area contributed by atoms with E-state index in [1.165, 1.54) is 0 Å². The molecule has 0 saturated heterocycles. The summed E-state index contributed by atoms with van der Waals surface area (Å²) >= 11 is 6.13. The summed E-state index contributed by atoms with van der Waals surface area (Å²) in [5, 5.41) is 4.80. The lowest BCUT2D eigenvalue weighted by atomic mass is 10.2. The summed E-state index contributed by atoms with van der Waals surface area (Å²) in [5.74, 6) is 0.694. The molecule has 3 aromatic rings. The molecule has 0 aliphatic carbocycles. The number of nitrogens with zero attached hydrogens (tertiary/aromatic N) is 4. The molecule has 3 rings (SSSR count). The van der Waals surface area contributed by atoms with Gasteiger partial charge in [0.25, 0.3) is 0 Å². The van der Waals surface area contributed by atoms with Crippen molar-refractivity contribution in [3.05, 3.63) is 47.6 Å².